The molecule has 70 valence electrons. The molecule has 0 aliphatic carbocycles. The van der Waals surface area contributed by atoms with Gasteiger partial charge in [0.25, 0.3) is 0 Å². The molecular formula is C10H13ClN2. The van der Waals surface area contributed by atoms with Gasteiger partial charge in [0.2, 0.25) is 0 Å². The van der Waals surface area contributed by atoms with Crippen LogP contribution in [-0.4, -0.2) is 10.7 Å². The van der Waals surface area contributed by atoms with E-state index in [1.165, 1.54) is 0 Å². The summed E-state index contributed by atoms with van der Waals surface area (Å²) in [5, 5.41) is 8.12. The lowest BCUT2D eigenvalue weighted by molar-refractivity contribution is 0.963. The van der Waals surface area contributed by atoms with Gasteiger partial charge in [-0.3, -0.25) is 0 Å². The molecule has 1 N–H and O–H groups in total. The molecule has 0 amide bonds. The van der Waals surface area contributed by atoms with Crippen LogP contribution in [0.5, 0.6) is 0 Å². The van der Waals surface area contributed by atoms with Gasteiger partial charge in [-0.25, -0.2) is 4.98 Å². The summed E-state index contributed by atoms with van der Waals surface area (Å²) in [5.74, 6) is 0. The van der Waals surface area contributed by atoms with Crippen LogP contribution in [0.3, 0.4) is 0 Å². The molecule has 1 aromatic heterocycles. The molecule has 2 nitrogen and oxygen atoms in total. The zero-order valence-corrected chi connectivity index (χ0v) is 8.43. The number of halogens is 1. The van der Waals surface area contributed by atoms with Crippen LogP contribution in [0.15, 0.2) is 18.3 Å². The SMILES string of the molecule is CCCC(=N)Cc1ccc(Cl)nc1. The molecule has 0 aliphatic heterocycles. The van der Waals surface area contributed by atoms with E-state index in [2.05, 4.69) is 11.9 Å². The van der Waals surface area contributed by atoms with E-state index in [0.717, 1.165) is 24.1 Å². The van der Waals surface area contributed by atoms with Crippen LogP contribution in [-0.2, 0) is 6.42 Å². The molecule has 1 rings (SSSR count). The largest absolute Gasteiger partial charge is 0.309 e. The van der Waals surface area contributed by atoms with E-state index in [-0.39, 0.29) is 0 Å². The molecule has 0 saturated carbocycles. The minimum atomic E-state index is 0.505. The number of nitrogens with zero attached hydrogens (tertiary/aromatic N) is 1. The fourth-order valence-electron chi connectivity index (χ4n) is 1.15. The zero-order chi connectivity index (χ0) is 9.68. The Morgan fingerprint density at radius 2 is 2.31 bits per heavy atom. The standard InChI is InChI=1S/C10H13ClN2/c1-2-3-9(12)6-8-4-5-10(11)13-7-8/h4-5,7,12H,2-3,6H2,1H3. The smallest absolute Gasteiger partial charge is 0.129 e. The summed E-state index contributed by atoms with van der Waals surface area (Å²) in [6.45, 7) is 2.08. The second-order valence-electron chi connectivity index (χ2n) is 3.02. The Bertz CT molecular complexity index is 279. The molecule has 3 heteroatoms. The lowest BCUT2D eigenvalue weighted by atomic mass is 10.1. The molecular weight excluding hydrogens is 184 g/mol. The quantitative estimate of drug-likeness (QED) is 0.583. The first-order chi connectivity index (χ1) is 6.22. The second kappa shape index (κ2) is 4.97. The average molecular weight is 197 g/mol. The van der Waals surface area contributed by atoms with Crippen LogP contribution in [0, 0.1) is 5.41 Å². The van der Waals surface area contributed by atoms with E-state index >= 15 is 0 Å². The van der Waals surface area contributed by atoms with Crippen LogP contribution in [0.4, 0.5) is 0 Å². The highest BCUT2D eigenvalue weighted by atomic mass is 35.5. The van der Waals surface area contributed by atoms with E-state index < -0.39 is 0 Å². The highest BCUT2D eigenvalue weighted by molar-refractivity contribution is 6.29. The highest BCUT2D eigenvalue weighted by Gasteiger charge is 1.98. The molecule has 1 heterocycles. The van der Waals surface area contributed by atoms with Gasteiger partial charge in [0.1, 0.15) is 5.15 Å². The van der Waals surface area contributed by atoms with Crippen molar-refractivity contribution in [2.24, 2.45) is 0 Å². The third-order valence-electron chi connectivity index (χ3n) is 1.76. The highest BCUT2D eigenvalue weighted by Crippen LogP contribution is 2.07. The van der Waals surface area contributed by atoms with E-state index in [0.29, 0.717) is 11.6 Å². The van der Waals surface area contributed by atoms with Crippen LogP contribution in [0.25, 0.3) is 0 Å². The summed E-state index contributed by atoms with van der Waals surface area (Å²) >= 11 is 5.64. The lowest BCUT2D eigenvalue weighted by Gasteiger charge is -2.01. The van der Waals surface area contributed by atoms with Crippen LogP contribution < -0.4 is 0 Å². The van der Waals surface area contributed by atoms with E-state index in [1.807, 2.05) is 6.07 Å². The first-order valence-corrected chi connectivity index (χ1v) is 4.77. The first-order valence-electron chi connectivity index (χ1n) is 4.39. The molecule has 0 aliphatic rings. The topological polar surface area (TPSA) is 36.7 Å². The van der Waals surface area contributed by atoms with Gasteiger partial charge in [0.15, 0.2) is 0 Å². The Kier molecular flexibility index (Phi) is 3.90. The molecule has 0 fully saturated rings. The van der Waals surface area contributed by atoms with E-state index in [1.54, 1.807) is 12.3 Å². The van der Waals surface area contributed by atoms with Crippen LogP contribution >= 0.6 is 11.6 Å². The predicted molar refractivity (Wildman–Crippen MR) is 55.6 cm³/mol. The van der Waals surface area contributed by atoms with Gasteiger partial charge >= 0.3 is 0 Å². The molecule has 0 atom stereocenters. The number of aromatic nitrogens is 1. The second-order valence-corrected chi connectivity index (χ2v) is 3.41. The summed E-state index contributed by atoms with van der Waals surface area (Å²) in [6, 6.07) is 3.68. The Morgan fingerprint density at radius 3 is 2.85 bits per heavy atom. The first kappa shape index (κ1) is 10.2. The third-order valence-corrected chi connectivity index (χ3v) is 1.98. The fraction of sp³-hybridized carbons (Fsp3) is 0.400. The van der Waals surface area contributed by atoms with Crippen molar-refractivity contribution in [1.82, 2.24) is 4.98 Å². The normalized spacial score (nSPS) is 10.0. The molecule has 0 aromatic carbocycles. The summed E-state index contributed by atoms with van der Waals surface area (Å²) in [7, 11) is 0. The van der Waals surface area contributed by atoms with Crippen LogP contribution in [0.2, 0.25) is 5.15 Å². The van der Waals surface area contributed by atoms with Gasteiger partial charge in [-0.05, 0) is 18.1 Å². The van der Waals surface area contributed by atoms with Gasteiger partial charge in [-0.2, -0.15) is 0 Å². The Balaban J connectivity index is 2.54. The maximum atomic E-state index is 7.62. The van der Waals surface area contributed by atoms with Crippen molar-refractivity contribution in [3.05, 3.63) is 29.0 Å². The van der Waals surface area contributed by atoms with Gasteiger partial charge in [0.05, 0.1) is 0 Å². The monoisotopic (exact) mass is 196 g/mol. The van der Waals surface area contributed by atoms with Gasteiger partial charge in [0, 0.05) is 18.3 Å². The number of rotatable bonds is 4. The van der Waals surface area contributed by atoms with Crippen LogP contribution in [0.1, 0.15) is 25.3 Å². The number of nitrogens with one attached hydrogen (secondary N) is 1. The predicted octanol–water partition coefficient (Wildman–Crippen LogP) is 3.10. The summed E-state index contributed by atoms with van der Waals surface area (Å²) in [4.78, 5) is 3.96. The van der Waals surface area contributed by atoms with E-state index in [4.69, 9.17) is 17.0 Å². The van der Waals surface area contributed by atoms with Crippen molar-refractivity contribution in [3.63, 3.8) is 0 Å². The zero-order valence-electron chi connectivity index (χ0n) is 7.68. The maximum absolute atomic E-state index is 7.62. The average Bonchev–Trinajstić information content (AvgIpc) is 2.09. The molecule has 0 spiro atoms. The Hall–Kier alpha value is -0.890. The van der Waals surface area contributed by atoms with Gasteiger partial charge < -0.3 is 5.41 Å². The summed E-state index contributed by atoms with van der Waals surface area (Å²) in [6.07, 6.45) is 4.31. The maximum Gasteiger partial charge on any atom is 0.129 e. The van der Waals surface area contributed by atoms with Crippen molar-refractivity contribution in [1.29, 1.82) is 5.41 Å². The molecule has 1 aromatic rings. The third kappa shape index (κ3) is 3.55. The van der Waals surface area contributed by atoms with Crippen molar-refractivity contribution < 1.29 is 0 Å². The number of hydrogen-bond donors (Lipinski definition) is 1. The number of pyridine rings is 1. The van der Waals surface area contributed by atoms with Gasteiger partial charge in [-0.1, -0.05) is 31.0 Å². The minimum Gasteiger partial charge on any atom is -0.309 e. The van der Waals surface area contributed by atoms with Gasteiger partial charge in [-0.15, -0.1) is 0 Å². The lowest BCUT2D eigenvalue weighted by Crippen LogP contribution is -2.00. The van der Waals surface area contributed by atoms with Crippen molar-refractivity contribution in [2.75, 3.05) is 0 Å². The van der Waals surface area contributed by atoms with Crippen molar-refractivity contribution in [3.8, 4) is 0 Å². The molecule has 13 heavy (non-hydrogen) atoms. The summed E-state index contributed by atoms with van der Waals surface area (Å²) in [5.41, 5.74) is 1.81. The number of hydrogen-bond acceptors (Lipinski definition) is 2. The molecule has 0 bridgehead atoms. The molecule has 0 unspecified atom stereocenters. The molecule has 0 radical (unpaired) electrons. The fourth-order valence-corrected chi connectivity index (χ4v) is 1.26. The Morgan fingerprint density at radius 1 is 1.54 bits per heavy atom. The summed E-state index contributed by atoms with van der Waals surface area (Å²) < 4.78 is 0. The van der Waals surface area contributed by atoms with Crippen molar-refractivity contribution in [2.45, 2.75) is 26.2 Å². The van der Waals surface area contributed by atoms with Crippen molar-refractivity contribution >= 4 is 17.3 Å². The minimum absolute atomic E-state index is 0.505. The van der Waals surface area contributed by atoms with E-state index in [9.17, 15) is 0 Å². The molecule has 0 saturated heterocycles. The Labute approximate surface area is 83.5 Å².